The standard InChI is InChI=1S/C18H20N6O2/c1-23(2)16-7-9-19-15(22-16)11-20-17(25)8-10-24-12-21-14-6-4-3-5-13(14)18(24)26/h3-7,9,12H,8,10-11H2,1-2H3,(H,20,25). The van der Waals surface area contributed by atoms with E-state index in [9.17, 15) is 9.59 Å². The summed E-state index contributed by atoms with van der Waals surface area (Å²) in [5.41, 5.74) is 0.501. The van der Waals surface area contributed by atoms with Gasteiger partial charge in [0.05, 0.1) is 23.8 Å². The Balaban J connectivity index is 1.59. The van der Waals surface area contributed by atoms with Crippen molar-refractivity contribution in [3.8, 4) is 0 Å². The van der Waals surface area contributed by atoms with Gasteiger partial charge in [0.25, 0.3) is 5.56 Å². The Bertz CT molecular complexity index is 983. The summed E-state index contributed by atoms with van der Waals surface area (Å²) < 4.78 is 1.45. The Morgan fingerprint density at radius 1 is 1.19 bits per heavy atom. The minimum Gasteiger partial charge on any atom is -0.363 e. The molecule has 8 heteroatoms. The summed E-state index contributed by atoms with van der Waals surface area (Å²) >= 11 is 0. The lowest BCUT2D eigenvalue weighted by molar-refractivity contribution is -0.121. The molecule has 26 heavy (non-hydrogen) atoms. The average Bonchev–Trinajstić information content (AvgIpc) is 2.66. The normalized spacial score (nSPS) is 10.7. The van der Waals surface area contributed by atoms with Gasteiger partial charge in [0.15, 0.2) is 0 Å². The van der Waals surface area contributed by atoms with Gasteiger partial charge in [-0.3, -0.25) is 14.2 Å². The maximum atomic E-state index is 12.4. The number of hydrogen-bond acceptors (Lipinski definition) is 6. The Morgan fingerprint density at radius 2 is 2.00 bits per heavy atom. The van der Waals surface area contributed by atoms with Crippen molar-refractivity contribution < 1.29 is 4.79 Å². The number of para-hydroxylation sites is 1. The molecule has 0 aliphatic carbocycles. The van der Waals surface area contributed by atoms with E-state index in [4.69, 9.17) is 0 Å². The monoisotopic (exact) mass is 352 g/mol. The number of benzene rings is 1. The molecule has 1 amide bonds. The Hall–Kier alpha value is -3.29. The van der Waals surface area contributed by atoms with Crippen molar-refractivity contribution >= 4 is 22.6 Å². The molecule has 0 unspecified atom stereocenters. The number of carbonyl (C=O) groups is 1. The summed E-state index contributed by atoms with van der Waals surface area (Å²) in [6, 6.07) is 8.95. The number of amides is 1. The highest BCUT2D eigenvalue weighted by Gasteiger charge is 2.07. The zero-order valence-electron chi connectivity index (χ0n) is 14.7. The second-order valence-electron chi connectivity index (χ2n) is 6.01. The molecular weight excluding hydrogens is 332 g/mol. The van der Waals surface area contributed by atoms with E-state index in [-0.39, 0.29) is 31.0 Å². The van der Waals surface area contributed by atoms with Crippen LogP contribution in [0.15, 0.2) is 47.7 Å². The van der Waals surface area contributed by atoms with Gasteiger partial charge in [0.2, 0.25) is 5.91 Å². The lowest BCUT2D eigenvalue weighted by Crippen LogP contribution is -2.28. The van der Waals surface area contributed by atoms with Crippen molar-refractivity contribution in [2.75, 3.05) is 19.0 Å². The number of anilines is 1. The molecule has 2 aromatic heterocycles. The first-order valence-corrected chi connectivity index (χ1v) is 8.25. The van der Waals surface area contributed by atoms with Gasteiger partial charge in [0, 0.05) is 33.3 Å². The van der Waals surface area contributed by atoms with Crippen LogP contribution in [-0.4, -0.2) is 39.5 Å². The second kappa shape index (κ2) is 7.73. The van der Waals surface area contributed by atoms with Gasteiger partial charge in [-0.05, 0) is 18.2 Å². The summed E-state index contributed by atoms with van der Waals surface area (Å²) in [7, 11) is 3.78. The van der Waals surface area contributed by atoms with Gasteiger partial charge in [-0.15, -0.1) is 0 Å². The number of nitrogens with zero attached hydrogens (tertiary/aromatic N) is 5. The molecule has 0 bridgehead atoms. The van der Waals surface area contributed by atoms with Gasteiger partial charge in [-0.25, -0.2) is 15.0 Å². The highest BCUT2D eigenvalue weighted by atomic mass is 16.1. The number of nitrogens with one attached hydrogen (secondary N) is 1. The molecule has 0 radical (unpaired) electrons. The van der Waals surface area contributed by atoms with E-state index >= 15 is 0 Å². The molecule has 0 fully saturated rings. The molecule has 3 aromatic rings. The smallest absolute Gasteiger partial charge is 0.261 e. The number of aryl methyl sites for hydroxylation is 1. The number of aromatic nitrogens is 4. The maximum Gasteiger partial charge on any atom is 0.261 e. The zero-order chi connectivity index (χ0) is 18.5. The number of hydrogen-bond donors (Lipinski definition) is 1. The van der Waals surface area contributed by atoms with E-state index in [1.165, 1.54) is 10.9 Å². The number of rotatable bonds is 6. The molecule has 1 N–H and O–H groups in total. The third kappa shape index (κ3) is 4.02. The van der Waals surface area contributed by atoms with Gasteiger partial charge in [-0.2, -0.15) is 0 Å². The minimum atomic E-state index is -0.177. The van der Waals surface area contributed by atoms with Crippen molar-refractivity contribution in [1.29, 1.82) is 0 Å². The fourth-order valence-electron chi connectivity index (χ4n) is 2.48. The molecule has 0 saturated carbocycles. The van der Waals surface area contributed by atoms with Crippen molar-refractivity contribution in [3.05, 3.63) is 59.0 Å². The van der Waals surface area contributed by atoms with Crippen LogP contribution in [-0.2, 0) is 17.9 Å². The summed E-state index contributed by atoms with van der Waals surface area (Å²) in [5, 5.41) is 3.32. The number of fused-ring (bicyclic) bond motifs is 1. The third-order valence-corrected chi connectivity index (χ3v) is 3.90. The van der Waals surface area contributed by atoms with Crippen LogP contribution in [0.3, 0.4) is 0 Å². The largest absolute Gasteiger partial charge is 0.363 e. The summed E-state index contributed by atoms with van der Waals surface area (Å²) in [6.07, 6.45) is 3.30. The van der Waals surface area contributed by atoms with Crippen molar-refractivity contribution in [2.24, 2.45) is 0 Å². The molecule has 0 aliphatic heterocycles. The average molecular weight is 352 g/mol. The predicted octanol–water partition coefficient (Wildman–Crippen LogP) is 0.959. The van der Waals surface area contributed by atoms with Crippen LogP contribution in [0.5, 0.6) is 0 Å². The van der Waals surface area contributed by atoms with E-state index in [2.05, 4.69) is 20.3 Å². The van der Waals surface area contributed by atoms with E-state index in [1.54, 1.807) is 30.5 Å². The second-order valence-corrected chi connectivity index (χ2v) is 6.01. The first-order valence-electron chi connectivity index (χ1n) is 8.25. The Labute approximate surface area is 150 Å². The third-order valence-electron chi connectivity index (χ3n) is 3.90. The van der Waals surface area contributed by atoms with Crippen LogP contribution in [0.4, 0.5) is 5.82 Å². The van der Waals surface area contributed by atoms with Gasteiger partial charge in [0.1, 0.15) is 11.6 Å². The maximum absolute atomic E-state index is 12.4. The Morgan fingerprint density at radius 3 is 2.81 bits per heavy atom. The summed E-state index contributed by atoms with van der Waals surface area (Å²) in [6.45, 7) is 0.506. The molecule has 3 rings (SSSR count). The summed E-state index contributed by atoms with van der Waals surface area (Å²) in [4.78, 5) is 39.1. The molecule has 0 spiro atoms. The van der Waals surface area contributed by atoms with Crippen molar-refractivity contribution in [2.45, 2.75) is 19.5 Å². The molecule has 0 saturated heterocycles. The van der Waals surface area contributed by atoms with Gasteiger partial charge < -0.3 is 10.2 Å². The quantitative estimate of drug-likeness (QED) is 0.710. The fraction of sp³-hybridized carbons (Fsp3) is 0.278. The van der Waals surface area contributed by atoms with Crippen LogP contribution >= 0.6 is 0 Å². The van der Waals surface area contributed by atoms with Crippen LogP contribution in [0.1, 0.15) is 12.2 Å². The number of carbonyl (C=O) groups excluding carboxylic acids is 1. The van der Waals surface area contributed by atoms with Gasteiger partial charge in [-0.1, -0.05) is 12.1 Å². The molecule has 8 nitrogen and oxygen atoms in total. The van der Waals surface area contributed by atoms with Gasteiger partial charge >= 0.3 is 0 Å². The highest BCUT2D eigenvalue weighted by Crippen LogP contribution is 2.06. The zero-order valence-corrected chi connectivity index (χ0v) is 14.7. The molecule has 134 valence electrons. The molecule has 0 atom stereocenters. The first kappa shape index (κ1) is 17.5. The first-order chi connectivity index (χ1) is 12.5. The lowest BCUT2D eigenvalue weighted by atomic mass is 10.2. The van der Waals surface area contributed by atoms with Crippen molar-refractivity contribution in [1.82, 2.24) is 24.8 Å². The van der Waals surface area contributed by atoms with Crippen LogP contribution < -0.4 is 15.8 Å². The summed E-state index contributed by atoms with van der Waals surface area (Å²) in [5.74, 6) is 1.14. The minimum absolute atomic E-state index is 0.148. The molecular formula is C18H20N6O2. The highest BCUT2D eigenvalue weighted by molar-refractivity contribution is 5.77. The fourth-order valence-corrected chi connectivity index (χ4v) is 2.48. The van der Waals surface area contributed by atoms with Crippen LogP contribution in [0.2, 0.25) is 0 Å². The molecule has 0 aliphatic rings. The van der Waals surface area contributed by atoms with E-state index in [1.807, 2.05) is 25.1 Å². The molecule has 2 heterocycles. The van der Waals surface area contributed by atoms with E-state index < -0.39 is 0 Å². The van der Waals surface area contributed by atoms with Crippen LogP contribution in [0, 0.1) is 0 Å². The predicted molar refractivity (Wildman–Crippen MR) is 98.8 cm³/mol. The Kier molecular flexibility index (Phi) is 5.21. The van der Waals surface area contributed by atoms with Crippen molar-refractivity contribution in [3.63, 3.8) is 0 Å². The topological polar surface area (TPSA) is 93.0 Å². The molecule has 1 aromatic carbocycles. The van der Waals surface area contributed by atoms with E-state index in [0.29, 0.717) is 16.7 Å². The van der Waals surface area contributed by atoms with E-state index in [0.717, 1.165) is 5.82 Å². The SMILES string of the molecule is CN(C)c1ccnc(CNC(=O)CCn2cnc3ccccc3c2=O)n1. The lowest BCUT2D eigenvalue weighted by Gasteiger charge is -2.12. The van der Waals surface area contributed by atoms with Crippen LogP contribution in [0.25, 0.3) is 10.9 Å².